The van der Waals surface area contributed by atoms with E-state index in [1.807, 2.05) is 0 Å². The van der Waals surface area contributed by atoms with Gasteiger partial charge in [0.05, 0.1) is 6.10 Å². The largest absolute Gasteiger partial charge is 0.358 e. The highest BCUT2D eigenvalue weighted by molar-refractivity contribution is 5.47. The van der Waals surface area contributed by atoms with Crippen molar-refractivity contribution in [1.29, 1.82) is 0 Å². The van der Waals surface area contributed by atoms with Crippen LogP contribution >= 0.6 is 0 Å². The van der Waals surface area contributed by atoms with Crippen molar-refractivity contribution in [2.24, 2.45) is 5.92 Å². The van der Waals surface area contributed by atoms with Crippen LogP contribution in [0.15, 0.2) is 91.0 Å². The molecule has 0 aliphatic rings. The van der Waals surface area contributed by atoms with Gasteiger partial charge in [-0.25, -0.2) is 0 Å². The predicted molar refractivity (Wildman–Crippen MR) is 105 cm³/mol. The van der Waals surface area contributed by atoms with Gasteiger partial charge in [-0.15, -0.1) is 0 Å². The number of hydrogen-bond acceptors (Lipinski definition) is 1. The van der Waals surface area contributed by atoms with E-state index < -0.39 is 5.60 Å². The molecule has 0 radical (unpaired) electrons. The lowest BCUT2D eigenvalue weighted by Crippen LogP contribution is -2.37. The number of benzene rings is 3. The third-order valence-electron chi connectivity index (χ3n) is 4.84. The van der Waals surface area contributed by atoms with E-state index in [2.05, 4.69) is 112 Å². The van der Waals surface area contributed by atoms with Gasteiger partial charge in [-0.3, -0.25) is 0 Å². The highest BCUT2D eigenvalue weighted by Crippen LogP contribution is 2.41. The lowest BCUT2D eigenvalue weighted by atomic mass is 9.79. The minimum Gasteiger partial charge on any atom is -0.358 e. The Labute approximate surface area is 151 Å². The van der Waals surface area contributed by atoms with Gasteiger partial charge in [0.1, 0.15) is 5.60 Å². The summed E-state index contributed by atoms with van der Waals surface area (Å²) in [5.74, 6) is 0.426. The van der Waals surface area contributed by atoms with E-state index in [1.165, 1.54) is 0 Å². The Morgan fingerprint density at radius 2 is 0.880 bits per heavy atom. The summed E-state index contributed by atoms with van der Waals surface area (Å²) < 4.78 is 6.86. The zero-order chi connectivity index (χ0) is 17.7. The van der Waals surface area contributed by atoms with Gasteiger partial charge in [-0.1, -0.05) is 105 Å². The molecule has 0 heterocycles. The summed E-state index contributed by atoms with van der Waals surface area (Å²) in [6.07, 6.45) is 0.112. The van der Waals surface area contributed by atoms with Crippen LogP contribution in [-0.2, 0) is 10.3 Å². The second kappa shape index (κ2) is 7.67. The summed E-state index contributed by atoms with van der Waals surface area (Å²) in [5, 5.41) is 0. The molecular weight excluding hydrogens is 304 g/mol. The predicted octanol–water partition coefficient (Wildman–Crippen LogP) is 6.04. The molecule has 1 nitrogen and oxygen atoms in total. The maximum absolute atomic E-state index is 6.86. The quantitative estimate of drug-likeness (QED) is 0.501. The van der Waals surface area contributed by atoms with Gasteiger partial charge in [0.25, 0.3) is 0 Å². The van der Waals surface area contributed by atoms with Gasteiger partial charge in [-0.2, -0.15) is 0 Å². The van der Waals surface area contributed by atoms with E-state index in [9.17, 15) is 0 Å². The van der Waals surface area contributed by atoms with Crippen LogP contribution in [0.25, 0.3) is 0 Å². The van der Waals surface area contributed by atoms with E-state index in [-0.39, 0.29) is 6.10 Å². The molecule has 0 aromatic heterocycles. The van der Waals surface area contributed by atoms with Crippen molar-refractivity contribution >= 4 is 0 Å². The van der Waals surface area contributed by atoms with E-state index in [4.69, 9.17) is 4.74 Å². The van der Waals surface area contributed by atoms with E-state index in [1.54, 1.807) is 0 Å². The minimum atomic E-state index is -0.618. The van der Waals surface area contributed by atoms with Crippen molar-refractivity contribution in [3.63, 3.8) is 0 Å². The summed E-state index contributed by atoms with van der Waals surface area (Å²) in [6.45, 7) is 6.57. The fourth-order valence-corrected chi connectivity index (χ4v) is 3.14. The summed E-state index contributed by atoms with van der Waals surface area (Å²) in [6, 6.07) is 31.6. The standard InChI is InChI=1S/C24H26O/c1-19(2)20(3)25-24(21-13-7-4-8-14-21,22-15-9-5-10-16-22)23-17-11-6-12-18-23/h4-20H,1-3H3. The van der Waals surface area contributed by atoms with Gasteiger partial charge in [0.2, 0.25) is 0 Å². The topological polar surface area (TPSA) is 9.23 Å². The van der Waals surface area contributed by atoms with Crippen molar-refractivity contribution in [3.05, 3.63) is 108 Å². The van der Waals surface area contributed by atoms with E-state index >= 15 is 0 Å². The zero-order valence-corrected chi connectivity index (χ0v) is 15.2. The first-order valence-corrected chi connectivity index (χ1v) is 8.99. The number of ether oxygens (including phenoxy) is 1. The monoisotopic (exact) mass is 330 g/mol. The molecule has 0 saturated heterocycles. The molecule has 128 valence electrons. The average Bonchev–Trinajstić information content (AvgIpc) is 2.68. The molecule has 1 heteroatoms. The first kappa shape index (κ1) is 17.4. The molecule has 0 saturated carbocycles. The molecule has 3 aromatic rings. The fourth-order valence-electron chi connectivity index (χ4n) is 3.14. The van der Waals surface area contributed by atoms with Crippen LogP contribution in [0.2, 0.25) is 0 Å². The Balaban J connectivity index is 2.27. The summed E-state index contributed by atoms with van der Waals surface area (Å²) in [7, 11) is 0. The maximum Gasteiger partial charge on any atom is 0.144 e. The zero-order valence-electron chi connectivity index (χ0n) is 15.2. The van der Waals surface area contributed by atoms with Crippen molar-refractivity contribution < 1.29 is 4.74 Å². The summed E-state index contributed by atoms with van der Waals surface area (Å²) in [5.41, 5.74) is 2.84. The molecule has 0 amide bonds. The minimum absolute atomic E-state index is 0.112. The van der Waals surface area contributed by atoms with Gasteiger partial charge in [0, 0.05) is 0 Å². The Kier molecular flexibility index (Phi) is 5.35. The highest BCUT2D eigenvalue weighted by atomic mass is 16.5. The Morgan fingerprint density at radius 1 is 0.560 bits per heavy atom. The lowest BCUT2D eigenvalue weighted by Gasteiger charge is -2.39. The van der Waals surface area contributed by atoms with Crippen LogP contribution in [0.1, 0.15) is 37.5 Å². The third-order valence-corrected chi connectivity index (χ3v) is 4.84. The Morgan fingerprint density at radius 3 is 1.16 bits per heavy atom. The highest BCUT2D eigenvalue weighted by Gasteiger charge is 2.39. The van der Waals surface area contributed by atoms with Gasteiger partial charge in [0.15, 0.2) is 0 Å². The fraction of sp³-hybridized carbons (Fsp3) is 0.250. The molecule has 0 aliphatic carbocycles. The summed E-state index contributed by atoms with van der Waals surface area (Å²) >= 11 is 0. The molecule has 3 rings (SSSR count). The van der Waals surface area contributed by atoms with Crippen molar-refractivity contribution in [2.45, 2.75) is 32.5 Å². The van der Waals surface area contributed by atoms with Gasteiger partial charge < -0.3 is 4.74 Å². The summed E-state index contributed by atoms with van der Waals surface area (Å²) in [4.78, 5) is 0. The van der Waals surface area contributed by atoms with Crippen LogP contribution in [0.4, 0.5) is 0 Å². The van der Waals surface area contributed by atoms with Crippen LogP contribution in [0.3, 0.4) is 0 Å². The lowest BCUT2D eigenvalue weighted by molar-refractivity contribution is -0.0585. The molecular formula is C24H26O. The maximum atomic E-state index is 6.86. The van der Waals surface area contributed by atoms with Crippen molar-refractivity contribution in [1.82, 2.24) is 0 Å². The molecule has 0 N–H and O–H groups in total. The Bertz CT molecular complexity index is 666. The van der Waals surface area contributed by atoms with Crippen LogP contribution in [-0.4, -0.2) is 6.10 Å². The van der Waals surface area contributed by atoms with Crippen molar-refractivity contribution in [3.8, 4) is 0 Å². The second-order valence-electron chi connectivity index (χ2n) is 6.85. The molecule has 0 fully saturated rings. The smallest absolute Gasteiger partial charge is 0.144 e. The molecule has 1 atom stereocenters. The van der Waals surface area contributed by atoms with E-state index in [0.29, 0.717) is 5.92 Å². The normalized spacial score (nSPS) is 13.0. The number of hydrogen-bond donors (Lipinski definition) is 0. The van der Waals surface area contributed by atoms with Crippen LogP contribution in [0.5, 0.6) is 0 Å². The van der Waals surface area contributed by atoms with Gasteiger partial charge in [-0.05, 0) is 29.5 Å². The Hall–Kier alpha value is -2.38. The first-order valence-electron chi connectivity index (χ1n) is 8.99. The molecule has 3 aromatic carbocycles. The SMILES string of the molecule is CC(C)C(C)OC(c1ccccc1)(c1ccccc1)c1ccccc1. The molecule has 1 unspecified atom stereocenters. The van der Waals surface area contributed by atoms with E-state index in [0.717, 1.165) is 16.7 Å². The molecule has 0 spiro atoms. The van der Waals surface area contributed by atoms with Crippen molar-refractivity contribution in [2.75, 3.05) is 0 Å². The second-order valence-corrected chi connectivity index (χ2v) is 6.85. The van der Waals surface area contributed by atoms with Crippen LogP contribution < -0.4 is 0 Å². The third kappa shape index (κ3) is 3.52. The van der Waals surface area contributed by atoms with Gasteiger partial charge >= 0.3 is 0 Å². The molecule has 25 heavy (non-hydrogen) atoms. The molecule has 0 bridgehead atoms. The average molecular weight is 330 g/mol. The molecule has 0 aliphatic heterocycles. The van der Waals surface area contributed by atoms with Crippen LogP contribution in [0, 0.1) is 5.92 Å². The number of rotatable bonds is 6. The first-order chi connectivity index (χ1) is 12.1.